The van der Waals surface area contributed by atoms with Crippen LogP contribution in [0.25, 0.3) is 28.6 Å². The maximum absolute atomic E-state index is 13.0. The Kier molecular flexibility index (Phi) is 5.18. The molecule has 11 heteroatoms. The topological polar surface area (TPSA) is 93.5 Å². The third kappa shape index (κ3) is 4.24. The summed E-state index contributed by atoms with van der Waals surface area (Å²) in [7, 11) is 0. The Balaban J connectivity index is 1.65. The van der Waals surface area contributed by atoms with E-state index in [0.29, 0.717) is 12.0 Å². The van der Waals surface area contributed by atoms with Crippen molar-refractivity contribution in [2.75, 3.05) is 0 Å². The number of carbonyl (C=O) groups is 1. The Bertz CT molecular complexity index is 1300. The smallest absolute Gasteiger partial charge is 0.417 e. The van der Waals surface area contributed by atoms with Crippen molar-refractivity contribution in [2.45, 2.75) is 25.9 Å². The van der Waals surface area contributed by atoms with Gasteiger partial charge < -0.3 is 14.0 Å². The predicted octanol–water partition coefficient (Wildman–Crippen LogP) is 5.05. The fraction of sp³-hybridized carbons (Fsp3) is 0.200. The van der Waals surface area contributed by atoms with Gasteiger partial charge in [0.05, 0.1) is 10.6 Å². The molecule has 0 aliphatic heterocycles. The summed E-state index contributed by atoms with van der Waals surface area (Å²) in [4.78, 5) is 19.2. The van der Waals surface area contributed by atoms with Crippen molar-refractivity contribution in [1.82, 2.24) is 19.5 Å². The molecule has 3 aromatic heterocycles. The Morgan fingerprint density at radius 1 is 1.23 bits per heavy atom. The number of aromatic nitrogens is 4. The fourth-order valence-corrected chi connectivity index (χ4v) is 3.39. The van der Waals surface area contributed by atoms with Crippen LogP contribution in [0.2, 0.25) is 5.02 Å². The molecule has 160 valence electrons. The second-order valence-electron chi connectivity index (χ2n) is 6.90. The van der Waals surface area contributed by atoms with Gasteiger partial charge in [-0.2, -0.15) is 18.2 Å². The number of rotatable bonds is 5. The van der Waals surface area contributed by atoms with E-state index in [1.807, 2.05) is 13.0 Å². The second-order valence-corrected chi connectivity index (χ2v) is 7.30. The van der Waals surface area contributed by atoms with Crippen LogP contribution < -0.4 is 0 Å². The number of aryl methyl sites for hydroxylation is 2. The average Bonchev–Trinajstić information content (AvgIpc) is 3.32. The zero-order chi connectivity index (χ0) is 22.3. The van der Waals surface area contributed by atoms with Crippen molar-refractivity contribution >= 4 is 23.2 Å². The van der Waals surface area contributed by atoms with E-state index in [1.165, 1.54) is 6.20 Å². The van der Waals surface area contributed by atoms with Crippen LogP contribution in [0.3, 0.4) is 0 Å². The minimum Gasteiger partial charge on any atom is -0.481 e. The fourth-order valence-electron chi connectivity index (χ4n) is 3.14. The molecule has 4 rings (SSSR count). The van der Waals surface area contributed by atoms with Crippen LogP contribution in [0.15, 0.2) is 41.2 Å². The summed E-state index contributed by atoms with van der Waals surface area (Å²) >= 11 is 5.96. The highest BCUT2D eigenvalue weighted by atomic mass is 35.5. The van der Waals surface area contributed by atoms with Gasteiger partial charge in [-0.1, -0.05) is 35.0 Å². The molecule has 0 radical (unpaired) electrons. The van der Waals surface area contributed by atoms with Crippen LogP contribution in [-0.2, 0) is 17.4 Å². The molecule has 4 aromatic rings. The normalized spacial score (nSPS) is 11.9. The Morgan fingerprint density at radius 2 is 2.00 bits per heavy atom. The third-order valence-corrected chi connectivity index (χ3v) is 4.92. The molecule has 0 saturated carbocycles. The molecule has 0 aliphatic rings. The van der Waals surface area contributed by atoms with Crippen LogP contribution in [0.4, 0.5) is 13.2 Å². The number of carboxylic acids is 1. The monoisotopic (exact) mass is 450 g/mol. The number of aliphatic carboxylic acids is 1. The zero-order valence-corrected chi connectivity index (χ0v) is 16.7. The molecule has 3 heterocycles. The highest BCUT2D eigenvalue weighted by molar-refractivity contribution is 6.33. The highest BCUT2D eigenvalue weighted by Crippen LogP contribution is 2.33. The molecular weight excluding hydrogens is 437 g/mol. The molecule has 1 N–H and O–H groups in total. The van der Waals surface area contributed by atoms with Crippen LogP contribution >= 0.6 is 11.6 Å². The van der Waals surface area contributed by atoms with Gasteiger partial charge >= 0.3 is 12.1 Å². The quantitative estimate of drug-likeness (QED) is 0.457. The van der Waals surface area contributed by atoms with E-state index in [2.05, 4.69) is 15.1 Å². The molecule has 0 aliphatic carbocycles. The van der Waals surface area contributed by atoms with Gasteiger partial charge in [0.15, 0.2) is 5.65 Å². The van der Waals surface area contributed by atoms with Crippen LogP contribution in [0.1, 0.15) is 23.1 Å². The first-order chi connectivity index (χ1) is 14.6. The van der Waals surface area contributed by atoms with Gasteiger partial charge in [-0.05, 0) is 30.5 Å². The molecular formula is C20H14ClF3N4O3. The average molecular weight is 451 g/mol. The van der Waals surface area contributed by atoms with Gasteiger partial charge in [0.2, 0.25) is 5.82 Å². The Hall–Kier alpha value is -3.40. The van der Waals surface area contributed by atoms with E-state index < -0.39 is 17.7 Å². The first-order valence-corrected chi connectivity index (χ1v) is 9.41. The minimum atomic E-state index is -4.55. The number of fused-ring (bicyclic) bond motifs is 1. The van der Waals surface area contributed by atoms with Crippen molar-refractivity contribution in [3.8, 4) is 23.0 Å². The number of alkyl halides is 3. The van der Waals surface area contributed by atoms with Crippen molar-refractivity contribution in [3.05, 3.63) is 58.4 Å². The van der Waals surface area contributed by atoms with Crippen LogP contribution in [-0.4, -0.2) is 30.6 Å². The minimum absolute atomic E-state index is 0.0254. The number of carboxylic acid groups (broad SMARTS) is 1. The molecule has 31 heavy (non-hydrogen) atoms. The largest absolute Gasteiger partial charge is 0.481 e. The van der Waals surface area contributed by atoms with Crippen molar-refractivity contribution in [1.29, 1.82) is 0 Å². The SMILES string of the molecule is Cc1cc(CCC(=O)O)ccc1-c1noc(-c2cn3cc(C(F)(F)F)cc(Cl)c3n2)n1. The van der Waals surface area contributed by atoms with E-state index in [0.717, 1.165) is 27.8 Å². The number of benzene rings is 1. The second kappa shape index (κ2) is 7.69. The van der Waals surface area contributed by atoms with E-state index in [-0.39, 0.29) is 34.5 Å². The number of imidazole rings is 1. The number of halogens is 4. The van der Waals surface area contributed by atoms with Gasteiger partial charge in [-0.25, -0.2) is 4.98 Å². The van der Waals surface area contributed by atoms with Crippen molar-refractivity contribution in [3.63, 3.8) is 0 Å². The summed E-state index contributed by atoms with van der Waals surface area (Å²) in [5.74, 6) is -0.575. The molecule has 1 aromatic carbocycles. The highest BCUT2D eigenvalue weighted by Gasteiger charge is 2.32. The van der Waals surface area contributed by atoms with E-state index in [1.54, 1.807) is 12.1 Å². The maximum atomic E-state index is 13.0. The summed E-state index contributed by atoms with van der Waals surface area (Å²) in [6.45, 7) is 1.83. The summed E-state index contributed by atoms with van der Waals surface area (Å²) in [5.41, 5.74) is 1.76. The lowest BCUT2D eigenvalue weighted by Crippen LogP contribution is -2.06. The van der Waals surface area contributed by atoms with E-state index in [4.69, 9.17) is 21.2 Å². The number of hydrogen-bond acceptors (Lipinski definition) is 5. The molecule has 0 bridgehead atoms. The number of pyridine rings is 1. The summed E-state index contributed by atoms with van der Waals surface area (Å²) < 4.78 is 45.4. The predicted molar refractivity (Wildman–Crippen MR) is 105 cm³/mol. The third-order valence-electron chi connectivity index (χ3n) is 4.64. The number of hydrogen-bond donors (Lipinski definition) is 1. The summed E-state index contributed by atoms with van der Waals surface area (Å²) in [6, 6.07) is 6.20. The number of nitrogens with zero attached hydrogens (tertiary/aromatic N) is 4. The molecule has 0 saturated heterocycles. The van der Waals surface area contributed by atoms with Gasteiger partial charge in [0.1, 0.15) is 5.69 Å². The Labute approximate surface area is 178 Å². The van der Waals surface area contributed by atoms with Crippen molar-refractivity contribution in [2.24, 2.45) is 0 Å². The van der Waals surface area contributed by atoms with Gasteiger partial charge in [0.25, 0.3) is 5.89 Å². The van der Waals surface area contributed by atoms with Crippen LogP contribution in [0.5, 0.6) is 0 Å². The van der Waals surface area contributed by atoms with Crippen LogP contribution in [0, 0.1) is 6.92 Å². The molecule has 0 fully saturated rings. The lowest BCUT2D eigenvalue weighted by Gasteiger charge is -2.07. The summed E-state index contributed by atoms with van der Waals surface area (Å²) in [6.07, 6.45) is -1.91. The molecule has 0 unspecified atom stereocenters. The van der Waals surface area contributed by atoms with Gasteiger partial charge in [0, 0.05) is 24.4 Å². The zero-order valence-electron chi connectivity index (χ0n) is 15.9. The first kappa shape index (κ1) is 20.9. The summed E-state index contributed by atoms with van der Waals surface area (Å²) in [5, 5.41) is 12.6. The van der Waals surface area contributed by atoms with E-state index >= 15 is 0 Å². The van der Waals surface area contributed by atoms with Gasteiger partial charge in [-0.3, -0.25) is 4.79 Å². The molecule has 7 nitrogen and oxygen atoms in total. The molecule has 0 spiro atoms. The maximum Gasteiger partial charge on any atom is 0.417 e. The Morgan fingerprint density at radius 3 is 2.68 bits per heavy atom. The van der Waals surface area contributed by atoms with Gasteiger partial charge in [-0.15, -0.1) is 0 Å². The van der Waals surface area contributed by atoms with Crippen molar-refractivity contribution < 1.29 is 27.6 Å². The lowest BCUT2D eigenvalue weighted by molar-refractivity contribution is -0.138. The molecule has 0 atom stereocenters. The van der Waals surface area contributed by atoms with E-state index in [9.17, 15) is 18.0 Å². The first-order valence-electron chi connectivity index (χ1n) is 9.03. The lowest BCUT2D eigenvalue weighted by atomic mass is 10.0. The molecule has 0 amide bonds. The standard InChI is InChI=1S/C20H14ClF3N4O3/c1-10-6-11(3-5-16(29)30)2-4-13(10)17-26-19(31-27-17)15-9-28-8-12(20(22,23)24)7-14(21)18(28)25-15/h2,4,6-9H,3,5H2,1H3,(H,29,30).